The third-order valence-electron chi connectivity index (χ3n) is 4.97. The highest BCUT2D eigenvalue weighted by molar-refractivity contribution is 8.00. The molecule has 2 heterocycles. The molecule has 2 aromatic heterocycles. The first-order chi connectivity index (χ1) is 12.5. The van der Waals surface area contributed by atoms with Gasteiger partial charge in [0.2, 0.25) is 0 Å². The molecule has 3 aromatic rings. The van der Waals surface area contributed by atoms with Gasteiger partial charge in [-0.3, -0.25) is 4.79 Å². The molecule has 134 valence electrons. The first kappa shape index (κ1) is 17.1. The Bertz CT molecular complexity index is 973. The summed E-state index contributed by atoms with van der Waals surface area (Å²) in [6.07, 6.45) is 5.04. The maximum Gasteiger partial charge on any atom is 0.191 e. The molecule has 0 radical (unpaired) electrons. The van der Waals surface area contributed by atoms with E-state index in [2.05, 4.69) is 22.3 Å². The van der Waals surface area contributed by atoms with Crippen molar-refractivity contribution in [3.8, 4) is 11.4 Å². The van der Waals surface area contributed by atoms with Crippen molar-refractivity contribution in [2.24, 2.45) is 7.05 Å². The van der Waals surface area contributed by atoms with E-state index in [0.717, 1.165) is 40.7 Å². The van der Waals surface area contributed by atoms with Gasteiger partial charge in [0.1, 0.15) is 5.76 Å². The van der Waals surface area contributed by atoms with Crippen molar-refractivity contribution in [3.63, 3.8) is 0 Å². The average molecular weight is 367 g/mol. The highest BCUT2D eigenvalue weighted by atomic mass is 32.2. The highest BCUT2D eigenvalue weighted by Gasteiger charge is 2.22. The van der Waals surface area contributed by atoms with Crippen molar-refractivity contribution in [2.45, 2.75) is 43.5 Å². The number of fused-ring (bicyclic) bond motifs is 1. The second kappa shape index (κ2) is 6.76. The van der Waals surface area contributed by atoms with Crippen LogP contribution in [0.5, 0.6) is 0 Å². The van der Waals surface area contributed by atoms with Gasteiger partial charge in [-0.1, -0.05) is 23.9 Å². The predicted molar refractivity (Wildman–Crippen MR) is 102 cm³/mol. The number of nitrogens with zero attached hydrogens (tertiary/aromatic N) is 3. The molecule has 1 aliphatic rings. The van der Waals surface area contributed by atoms with Crippen molar-refractivity contribution in [2.75, 3.05) is 0 Å². The lowest BCUT2D eigenvalue weighted by Gasteiger charge is -2.11. The van der Waals surface area contributed by atoms with Crippen molar-refractivity contribution in [1.29, 1.82) is 0 Å². The van der Waals surface area contributed by atoms with Gasteiger partial charge in [0.15, 0.2) is 16.8 Å². The Hall–Kier alpha value is -2.34. The third kappa shape index (κ3) is 2.98. The van der Waals surface area contributed by atoms with Gasteiger partial charge in [-0.25, -0.2) is 0 Å². The summed E-state index contributed by atoms with van der Waals surface area (Å²) in [7, 11) is 1.91. The summed E-state index contributed by atoms with van der Waals surface area (Å²) in [5.41, 5.74) is 4.42. The quantitative estimate of drug-likeness (QED) is 0.499. The summed E-state index contributed by atoms with van der Waals surface area (Å²) >= 11 is 1.44. The first-order valence-corrected chi connectivity index (χ1v) is 9.69. The summed E-state index contributed by atoms with van der Waals surface area (Å²) in [6.45, 7) is 3.83. The monoisotopic (exact) mass is 367 g/mol. The van der Waals surface area contributed by atoms with E-state index >= 15 is 0 Å². The number of aromatic nitrogens is 3. The van der Waals surface area contributed by atoms with Crippen molar-refractivity contribution < 1.29 is 9.21 Å². The van der Waals surface area contributed by atoms with E-state index in [-0.39, 0.29) is 11.0 Å². The van der Waals surface area contributed by atoms with Crippen molar-refractivity contribution in [3.05, 3.63) is 53.0 Å². The molecule has 6 heteroatoms. The average Bonchev–Trinajstić information content (AvgIpc) is 3.35. The molecule has 4 rings (SSSR count). The number of rotatable bonds is 5. The van der Waals surface area contributed by atoms with Gasteiger partial charge in [0.25, 0.3) is 0 Å². The second-order valence-corrected chi connectivity index (χ2v) is 8.02. The SMILES string of the molecule is Cc1occc1-c1nnc(SC(C)C(=O)c2ccc3c(c2)CCC3)n1C. The molecule has 26 heavy (non-hydrogen) atoms. The van der Waals surface area contributed by atoms with Crippen LogP contribution in [0.3, 0.4) is 0 Å². The number of hydrogen-bond donors (Lipinski definition) is 0. The molecule has 5 nitrogen and oxygen atoms in total. The fraction of sp³-hybridized carbons (Fsp3) is 0.350. The Morgan fingerprint density at radius 1 is 1.23 bits per heavy atom. The predicted octanol–water partition coefficient (Wildman–Crippen LogP) is 4.24. The van der Waals surface area contributed by atoms with Crippen LogP contribution in [-0.4, -0.2) is 25.8 Å². The Balaban J connectivity index is 1.53. The lowest BCUT2D eigenvalue weighted by Crippen LogP contribution is -2.14. The standard InChI is InChI=1S/C20H21N3O2S/c1-12-17(9-10-25-12)19-21-22-20(23(19)3)26-13(2)18(24)16-8-7-14-5-4-6-15(14)11-16/h7-11,13H,4-6H2,1-3H3. The van der Waals surface area contributed by atoms with E-state index in [1.54, 1.807) is 6.26 Å². The third-order valence-corrected chi connectivity index (χ3v) is 6.10. The van der Waals surface area contributed by atoms with Crippen LogP contribution in [0.4, 0.5) is 0 Å². The topological polar surface area (TPSA) is 60.9 Å². The zero-order valence-electron chi connectivity index (χ0n) is 15.2. The summed E-state index contributed by atoms with van der Waals surface area (Å²) in [6, 6.07) is 8.02. The molecule has 1 unspecified atom stereocenters. The smallest absolute Gasteiger partial charge is 0.191 e. The Kier molecular flexibility index (Phi) is 4.44. The number of carbonyl (C=O) groups is 1. The normalized spacial score (nSPS) is 14.4. The van der Waals surface area contributed by atoms with Gasteiger partial charge in [-0.15, -0.1) is 10.2 Å². The molecule has 1 aromatic carbocycles. The largest absolute Gasteiger partial charge is 0.469 e. The van der Waals surface area contributed by atoms with Gasteiger partial charge in [-0.2, -0.15) is 0 Å². The van der Waals surface area contributed by atoms with E-state index in [9.17, 15) is 4.79 Å². The van der Waals surface area contributed by atoms with Gasteiger partial charge >= 0.3 is 0 Å². The van der Waals surface area contributed by atoms with Crippen LogP contribution < -0.4 is 0 Å². The van der Waals surface area contributed by atoms with Crippen LogP contribution in [-0.2, 0) is 19.9 Å². The first-order valence-electron chi connectivity index (χ1n) is 8.81. The number of aryl methyl sites for hydroxylation is 3. The lowest BCUT2D eigenvalue weighted by atomic mass is 10.0. The van der Waals surface area contributed by atoms with E-state index in [1.807, 2.05) is 37.6 Å². The van der Waals surface area contributed by atoms with Crippen LogP contribution in [0.15, 0.2) is 40.1 Å². The zero-order chi connectivity index (χ0) is 18.3. The van der Waals surface area contributed by atoms with E-state index in [0.29, 0.717) is 0 Å². The van der Waals surface area contributed by atoms with Gasteiger partial charge in [0.05, 0.1) is 17.1 Å². The molecule has 1 atom stereocenters. The number of thioether (sulfide) groups is 1. The summed E-state index contributed by atoms with van der Waals surface area (Å²) < 4.78 is 7.27. The van der Waals surface area contributed by atoms with Crippen molar-refractivity contribution >= 4 is 17.5 Å². The number of furan rings is 1. The van der Waals surface area contributed by atoms with Crippen LogP contribution in [0, 0.1) is 6.92 Å². The Morgan fingerprint density at radius 3 is 2.81 bits per heavy atom. The molecular formula is C20H21N3O2S. The van der Waals surface area contributed by atoms with Gasteiger partial charge in [0, 0.05) is 12.6 Å². The number of Topliss-reactive ketones (excluding diaryl/α,β-unsaturated/α-hetero) is 1. The second-order valence-electron chi connectivity index (χ2n) is 6.72. The van der Waals surface area contributed by atoms with Gasteiger partial charge in [-0.05, 0) is 56.4 Å². The Labute approximate surface area is 156 Å². The number of benzene rings is 1. The number of ketones is 1. The van der Waals surface area contributed by atoms with Crippen LogP contribution >= 0.6 is 11.8 Å². The van der Waals surface area contributed by atoms with Gasteiger partial charge < -0.3 is 8.98 Å². The highest BCUT2D eigenvalue weighted by Crippen LogP contribution is 2.30. The van der Waals surface area contributed by atoms with Crippen molar-refractivity contribution in [1.82, 2.24) is 14.8 Å². The molecule has 0 amide bonds. The minimum Gasteiger partial charge on any atom is -0.469 e. The summed E-state index contributed by atoms with van der Waals surface area (Å²) in [5.74, 6) is 1.68. The molecule has 0 aliphatic heterocycles. The maximum atomic E-state index is 12.9. The lowest BCUT2D eigenvalue weighted by molar-refractivity contribution is 0.0993. The van der Waals surface area contributed by atoms with E-state index in [4.69, 9.17) is 4.42 Å². The molecular weight excluding hydrogens is 346 g/mol. The number of carbonyl (C=O) groups excluding carboxylic acids is 1. The number of hydrogen-bond acceptors (Lipinski definition) is 5. The fourth-order valence-corrected chi connectivity index (χ4v) is 4.33. The minimum absolute atomic E-state index is 0.133. The fourth-order valence-electron chi connectivity index (χ4n) is 3.44. The molecule has 0 fully saturated rings. The van der Waals surface area contributed by atoms with Crippen LogP contribution in [0.1, 0.15) is 40.6 Å². The molecule has 0 N–H and O–H groups in total. The zero-order valence-corrected chi connectivity index (χ0v) is 16.0. The minimum atomic E-state index is -0.226. The molecule has 1 aliphatic carbocycles. The van der Waals surface area contributed by atoms with Crippen LogP contribution in [0.2, 0.25) is 0 Å². The van der Waals surface area contributed by atoms with E-state index in [1.165, 1.54) is 29.3 Å². The molecule has 0 bridgehead atoms. The molecule has 0 saturated heterocycles. The maximum absolute atomic E-state index is 12.9. The molecule has 0 spiro atoms. The molecule has 0 saturated carbocycles. The van der Waals surface area contributed by atoms with E-state index < -0.39 is 0 Å². The van der Waals surface area contributed by atoms with Crippen LogP contribution in [0.25, 0.3) is 11.4 Å². The Morgan fingerprint density at radius 2 is 2.04 bits per heavy atom. The summed E-state index contributed by atoms with van der Waals surface area (Å²) in [4.78, 5) is 12.9. The summed E-state index contributed by atoms with van der Waals surface area (Å²) in [5, 5.41) is 9.04.